The zero-order valence-electron chi connectivity index (χ0n) is 8.99. The molecule has 0 saturated heterocycles. The second-order valence-corrected chi connectivity index (χ2v) is 5.65. The molecule has 1 aliphatic carbocycles. The SMILES string of the molecule is O=C(O)C1(C(O)c2ccc(Cl)c(Br)c2)CCC1. The van der Waals surface area contributed by atoms with Crippen LogP contribution >= 0.6 is 27.5 Å². The quantitative estimate of drug-likeness (QED) is 0.898. The number of aliphatic hydroxyl groups excluding tert-OH is 1. The average molecular weight is 320 g/mol. The molecular weight excluding hydrogens is 307 g/mol. The minimum atomic E-state index is -1.02. The number of hydrogen-bond donors (Lipinski definition) is 2. The number of carbonyl (C=O) groups is 1. The van der Waals surface area contributed by atoms with Crippen LogP contribution in [0, 0.1) is 5.41 Å². The minimum absolute atomic E-state index is 0.518. The van der Waals surface area contributed by atoms with Crippen LogP contribution in [-0.2, 0) is 4.79 Å². The average Bonchev–Trinajstić information content (AvgIpc) is 2.19. The zero-order chi connectivity index (χ0) is 12.6. The lowest BCUT2D eigenvalue weighted by molar-refractivity contribution is -0.166. The fourth-order valence-electron chi connectivity index (χ4n) is 2.16. The van der Waals surface area contributed by atoms with E-state index in [2.05, 4.69) is 15.9 Å². The van der Waals surface area contributed by atoms with Gasteiger partial charge in [0.05, 0.1) is 16.5 Å². The number of halogens is 2. The first kappa shape index (κ1) is 12.9. The van der Waals surface area contributed by atoms with Crippen molar-refractivity contribution in [2.45, 2.75) is 25.4 Å². The van der Waals surface area contributed by atoms with Gasteiger partial charge >= 0.3 is 5.97 Å². The molecule has 1 atom stereocenters. The molecule has 1 unspecified atom stereocenters. The summed E-state index contributed by atoms with van der Waals surface area (Å²) in [5.74, 6) is -0.928. The predicted molar refractivity (Wildman–Crippen MR) is 68.0 cm³/mol. The molecule has 0 heterocycles. The first-order chi connectivity index (χ1) is 7.97. The van der Waals surface area contributed by atoms with Gasteiger partial charge in [-0.3, -0.25) is 4.79 Å². The van der Waals surface area contributed by atoms with Gasteiger partial charge in [0.15, 0.2) is 0 Å². The molecule has 1 fully saturated rings. The molecule has 3 nitrogen and oxygen atoms in total. The molecule has 17 heavy (non-hydrogen) atoms. The first-order valence-electron chi connectivity index (χ1n) is 5.34. The highest BCUT2D eigenvalue weighted by Gasteiger charge is 2.50. The molecule has 0 aromatic heterocycles. The molecule has 1 aromatic rings. The van der Waals surface area contributed by atoms with Crippen LogP contribution in [0.3, 0.4) is 0 Å². The van der Waals surface area contributed by atoms with Crippen LogP contribution in [0.25, 0.3) is 0 Å². The summed E-state index contributed by atoms with van der Waals surface area (Å²) in [6.07, 6.45) is 0.897. The summed E-state index contributed by atoms with van der Waals surface area (Å²) >= 11 is 9.13. The Morgan fingerprint density at radius 3 is 2.53 bits per heavy atom. The van der Waals surface area contributed by atoms with E-state index >= 15 is 0 Å². The second-order valence-electron chi connectivity index (χ2n) is 4.39. The lowest BCUT2D eigenvalue weighted by Crippen LogP contribution is -2.43. The molecule has 0 radical (unpaired) electrons. The Bertz CT molecular complexity index is 457. The van der Waals surface area contributed by atoms with Gasteiger partial charge in [0, 0.05) is 4.47 Å². The molecule has 1 saturated carbocycles. The first-order valence-corrected chi connectivity index (χ1v) is 6.51. The Morgan fingerprint density at radius 2 is 2.12 bits per heavy atom. The van der Waals surface area contributed by atoms with Gasteiger partial charge in [-0.25, -0.2) is 0 Å². The Morgan fingerprint density at radius 1 is 1.47 bits per heavy atom. The van der Waals surface area contributed by atoms with Gasteiger partial charge in [-0.15, -0.1) is 0 Å². The van der Waals surface area contributed by atoms with Crippen molar-refractivity contribution in [1.82, 2.24) is 0 Å². The lowest BCUT2D eigenvalue weighted by atomic mass is 9.63. The van der Waals surface area contributed by atoms with Crippen molar-refractivity contribution in [2.75, 3.05) is 0 Å². The van der Waals surface area contributed by atoms with Crippen molar-refractivity contribution in [2.24, 2.45) is 5.41 Å². The molecule has 0 spiro atoms. The summed E-state index contributed by atoms with van der Waals surface area (Å²) in [5.41, 5.74) is -0.434. The summed E-state index contributed by atoms with van der Waals surface area (Å²) in [4.78, 5) is 11.3. The smallest absolute Gasteiger partial charge is 0.312 e. The topological polar surface area (TPSA) is 57.5 Å². The van der Waals surface area contributed by atoms with Crippen LogP contribution in [0.2, 0.25) is 5.02 Å². The Kier molecular flexibility index (Phi) is 3.48. The highest BCUT2D eigenvalue weighted by atomic mass is 79.9. The van der Waals surface area contributed by atoms with Crippen molar-refractivity contribution in [3.63, 3.8) is 0 Å². The van der Waals surface area contributed by atoms with Gasteiger partial charge in [0.2, 0.25) is 0 Å². The van der Waals surface area contributed by atoms with Crippen LogP contribution in [0.15, 0.2) is 22.7 Å². The molecule has 0 bridgehead atoms. The van der Waals surface area contributed by atoms with Gasteiger partial charge in [0.25, 0.3) is 0 Å². The number of aliphatic hydroxyl groups is 1. The molecule has 1 aliphatic rings. The molecule has 92 valence electrons. The Hall–Kier alpha value is -0.580. The fraction of sp³-hybridized carbons (Fsp3) is 0.417. The molecule has 5 heteroatoms. The Balaban J connectivity index is 2.33. The van der Waals surface area contributed by atoms with Crippen LogP contribution in [0.1, 0.15) is 30.9 Å². The number of carboxylic acid groups (broad SMARTS) is 1. The summed E-state index contributed by atoms with van der Waals surface area (Å²) < 4.78 is 0.663. The second kappa shape index (κ2) is 4.59. The number of carboxylic acids is 1. The van der Waals surface area contributed by atoms with Crippen molar-refractivity contribution in [1.29, 1.82) is 0 Å². The summed E-state index contributed by atoms with van der Waals surface area (Å²) in [6, 6.07) is 5.00. The maximum atomic E-state index is 11.3. The van der Waals surface area contributed by atoms with E-state index in [0.29, 0.717) is 27.9 Å². The summed E-state index contributed by atoms with van der Waals surface area (Å²) in [5, 5.41) is 20.0. The molecule has 1 aromatic carbocycles. The number of hydrogen-bond acceptors (Lipinski definition) is 2. The van der Waals surface area contributed by atoms with E-state index in [4.69, 9.17) is 11.6 Å². The third-order valence-electron chi connectivity index (χ3n) is 3.45. The standard InChI is InChI=1S/C12H12BrClO3/c13-8-6-7(2-3-9(8)14)10(15)12(11(16)17)4-1-5-12/h2-3,6,10,15H,1,4-5H2,(H,16,17). The van der Waals surface area contributed by atoms with Crippen molar-refractivity contribution < 1.29 is 15.0 Å². The van der Waals surface area contributed by atoms with Gasteiger partial charge in [-0.2, -0.15) is 0 Å². The van der Waals surface area contributed by atoms with E-state index in [1.165, 1.54) is 0 Å². The van der Waals surface area contributed by atoms with E-state index in [1.54, 1.807) is 18.2 Å². The van der Waals surface area contributed by atoms with E-state index in [9.17, 15) is 15.0 Å². The largest absolute Gasteiger partial charge is 0.481 e. The fourth-order valence-corrected chi connectivity index (χ4v) is 2.68. The van der Waals surface area contributed by atoms with Crippen molar-refractivity contribution in [3.05, 3.63) is 33.3 Å². The van der Waals surface area contributed by atoms with Crippen LogP contribution in [-0.4, -0.2) is 16.2 Å². The normalized spacial score (nSPS) is 19.5. The third kappa shape index (κ3) is 2.09. The number of aliphatic carboxylic acids is 1. The van der Waals surface area contributed by atoms with Gasteiger partial charge in [-0.05, 0) is 46.5 Å². The van der Waals surface area contributed by atoms with Gasteiger partial charge in [-0.1, -0.05) is 24.1 Å². The van der Waals surface area contributed by atoms with E-state index in [1.807, 2.05) is 0 Å². The number of rotatable bonds is 3. The maximum Gasteiger partial charge on any atom is 0.312 e. The monoisotopic (exact) mass is 318 g/mol. The Labute approximate surface area is 113 Å². The maximum absolute atomic E-state index is 11.3. The van der Waals surface area contributed by atoms with Gasteiger partial charge in [0.1, 0.15) is 0 Å². The highest BCUT2D eigenvalue weighted by molar-refractivity contribution is 9.10. The van der Waals surface area contributed by atoms with Crippen molar-refractivity contribution >= 4 is 33.5 Å². The summed E-state index contributed by atoms with van der Waals surface area (Å²) in [6.45, 7) is 0. The van der Waals surface area contributed by atoms with E-state index < -0.39 is 17.5 Å². The van der Waals surface area contributed by atoms with E-state index in [-0.39, 0.29) is 0 Å². The minimum Gasteiger partial charge on any atom is -0.481 e. The molecule has 2 rings (SSSR count). The number of benzene rings is 1. The lowest BCUT2D eigenvalue weighted by Gasteiger charge is -2.41. The zero-order valence-corrected chi connectivity index (χ0v) is 11.3. The molecular formula is C12H12BrClO3. The van der Waals surface area contributed by atoms with Crippen LogP contribution in [0.4, 0.5) is 0 Å². The van der Waals surface area contributed by atoms with Crippen molar-refractivity contribution in [3.8, 4) is 0 Å². The van der Waals surface area contributed by atoms with E-state index in [0.717, 1.165) is 6.42 Å². The highest BCUT2D eigenvalue weighted by Crippen LogP contribution is 2.50. The van der Waals surface area contributed by atoms with Gasteiger partial charge < -0.3 is 10.2 Å². The van der Waals surface area contributed by atoms with Crippen LogP contribution in [0.5, 0.6) is 0 Å². The molecule has 2 N–H and O–H groups in total. The van der Waals surface area contributed by atoms with Crippen LogP contribution < -0.4 is 0 Å². The summed E-state index contributed by atoms with van der Waals surface area (Å²) in [7, 11) is 0. The predicted octanol–water partition coefficient (Wildman–Crippen LogP) is 3.39. The molecule has 0 amide bonds. The molecule has 0 aliphatic heterocycles. The third-order valence-corrected chi connectivity index (χ3v) is 4.67.